The van der Waals surface area contributed by atoms with Crippen molar-refractivity contribution in [3.63, 3.8) is 0 Å². The van der Waals surface area contributed by atoms with Crippen molar-refractivity contribution in [2.24, 2.45) is 9.98 Å². The summed E-state index contributed by atoms with van der Waals surface area (Å²) >= 11 is 0.399. The van der Waals surface area contributed by atoms with Gasteiger partial charge in [0, 0.05) is 0 Å². The zero-order chi connectivity index (χ0) is 21.7. The summed E-state index contributed by atoms with van der Waals surface area (Å²) in [6, 6.07) is 26.8. The first-order chi connectivity index (χ1) is 15.7. The van der Waals surface area contributed by atoms with E-state index in [1.807, 2.05) is 0 Å². The van der Waals surface area contributed by atoms with Gasteiger partial charge < -0.3 is 0 Å². The summed E-state index contributed by atoms with van der Waals surface area (Å²) in [6.07, 6.45) is 2.32. The summed E-state index contributed by atoms with van der Waals surface area (Å²) < 4.78 is 5.30. The number of benzene rings is 4. The average Bonchev–Trinajstić information content (AvgIpc) is 2.83. The molecule has 2 nitrogen and oxygen atoms in total. The second kappa shape index (κ2) is 8.14. The van der Waals surface area contributed by atoms with Gasteiger partial charge in [0.1, 0.15) is 0 Å². The van der Waals surface area contributed by atoms with Crippen LogP contribution in [-0.2, 0) is 6.42 Å². The number of aryl methyl sites for hydroxylation is 2. The van der Waals surface area contributed by atoms with E-state index in [0.29, 0.717) is 0 Å². The SMILES string of the molecule is CCCc1ccc(C2=Nc3ccc4c5c(ccc(c35)[Se]2)N=C(c2ccc(C)cc2)[Se]4)cc1. The molecule has 0 spiro atoms. The first kappa shape index (κ1) is 20.1. The molecule has 32 heavy (non-hydrogen) atoms. The number of hydrogen-bond donors (Lipinski definition) is 0. The zero-order valence-electron chi connectivity index (χ0n) is 18.1. The van der Waals surface area contributed by atoms with Crippen LogP contribution >= 0.6 is 0 Å². The predicted octanol–water partition coefficient (Wildman–Crippen LogP) is 4.94. The van der Waals surface area contributed by atoms with Crippen molar-refractivity contribution in [3.8, 4) is 0 Å². The van der Waals surface area contributed by atoms with Crippen LogP contribution in [0.25, 0.3) is 10.8 Å². The molecular formula is C28H22N2Se2. The third-order valence-corrected chi connectivity index (χ3v) is 10.5. The topological polar surface area (TPSA) is 24.7 Å². The van der Waals surface area contributed by atoms with E-state index in [0.717, 1.165) is 17.8 Å². The van der Waals surface area contributed by atoms with Crippen molar-refractivity contribution in [1.29, 1.82) is 0 Å². The number of hydrogen-bond acceptors (Lipinski definition) is 2. The molecule has 0 unspecified atom stereocenters. The predicted molar refractivity (Wildman–Crippen MR) is 139 cm³/mol. The molecule has 0 atom stereocenters. The minimum absolute atomic E-state index is 0.199. The standard InChI is InChI=1S/C28H22N2Se2/c1-3-4-18-7-11-20(12-8-18)28-30-22-14-15-23-25-21(13-16-24(32-28)26(22)25)29-27(31-23)19-9-5-17(2)6-10-19/h5-16H,3-4H2,1-2H3. The van der Waals surface area contributed by atoms with Crippen LogP contribution < -0.4 is 8.92 Å². The Morgan fingerprint density at radius 2 is 1.12 bits per heavy atom. The Balaban J connectivity index is 1.43. The Morgan fingerprint density at radius 3 is 1.62 bits per heavy atom. The molecule has 2 aliphatic heterocycles. The maximum absolute atomic E-state index is 5.14. The van der Waals surface area contributed by atoms with Crippen LogP contribution in [0.3, 0.4) is 0 Å². The number of nitrogens with zero attached hydrogens (tertiary/aromatic N) is 2. The van der Waals surface area contributed by atoms with Gasteiger partial charge in [-0.25, -0.2) is 0 Å². The fourth-order valence-corrected chi connectivity index (χ4v) is 8.68. The second-order valence-corrected chi connectivity index (χ2v) is 12.6. The molecule has 4 aromatic rings. The first-order valence-electron chi connectivity index (χ1n) is 11.0. The Hall–Kier alpha value is -2.48. The summed E-state index contributed by atoms with van der Waals surface area (Å²) in [4.78, 5) is 10.3. The molecular weight excluding hydrogens is 522 g/mol. The summed E-state index contributed by atoms with van der Waals surface area (Å²) in [7, 11) is 0. The van der Waals surface area contributed by atoms with Crippen LogP contribution in [0, 0.1) is 6.92 Å². The van der Waals surface area contributed by atoms with E-state index in [1.54, 1.807) is 0 Å². The molecule has 6 rings (SSSR count). The molecule has 0 amide bonds. The summed E-state index contributed by atoms with van der Waals surface area (Å²) in [5.41, 5.74) is 7.39. The molecule has 4 heteroatoms. The van der Waals surface area contributed by atoms with E-state index in [2.05, 4.69) is 86.6 Å². The van der Waals surface area contributed by atoms with Crippen molar-refractivity contribution >= 4 is 70.2 Å². The van der Waals surface area contributed by atoms with Crippen LogP contribution in [0.2, 0.25) is 0 Å². The van der Waals surface area contributed by atoms with E-state index < -0.39 is 0 Å². The third kappa shape index (κ3) is 3.49. The van der Waals surface area contributed by atoms with Gasteiger partial charge in [0.05, 0.1) is 0 Å². The van der Waals surface area contributed by atoms with E-state index >= 15 is 0 Å². The quantitative estimate of drug-likeness (QED) is 0.325. The maximum atomic E-state index is 5.14. The third-order valence-electron chi connectivity index (χ3n) is 5.94. The van der Waals surface area contributed by atoms with E-state index in [1.165, 1.54) is 57.6 Å². The van der Waals surface area contributed by atoms with Crippen LogP contribution in [0.1, 0.15) is 35.6 Å². The number of rotatable bonds is 4. The van der Waals surface area contributed by atoms with Gasteiger partial charge in [-0.2, -0.15) is 0 Å². The zero-order valence-corrected chi connectivity index (χ0v) is 21.5. The fourth-order valence-electron chi connectivity index (χ4n) is 4.27. The molecule has 156 valence electrons. The Kier molecular flexibility index (Phi) is 5.12. The molecule has 0 aromatic heterocycles. The van der Waals surface area contributed by atoms with Crippen molar-refractivity contribution in [2.75, 3.05) is 0 Å². The van der Waals surface area contributed by atoms with Crippen molar-refractivity contribution in [3.05, 3.63) is 95.1 Å². The van der Waals surface area contributed by atoms with Gasteiger partial charge in [-0.3, -0.25) is 0 Å². The van der Waals surface area contributed by atoms with Gasteiger partial charge in [0.25, 0.3) is 0 Å². The molecule has 0 N–H and O–H groups in total. The van der Waals surface area contributed by atoms with Crippen molar-refractivity contribution in [2.45, 2.75) is 26.7 Å². The molecule has 4 aromatic carbocycles. The monoisotopic (exact) mass is 546 g/mol. The van der Waals surface area contributed by atoms with E-state index in [9.17, 15) is 0 Å². The minimum atomic E-state index is 0.199. The van der Waals surface area contributed by atoms with Gasteiger partial charge in [-0.15, -0.1) is 0 Å². The molecule has 0 radical (unpaired) electrons. The van der Waals surface area contributed by atoms with Crippen molar-refractivity contribution in [1.82, 2.24) is 0 Å². The Labute approximate surface area is 201 Å². The molecule has 2 aliphatic rings. The average molecular weight is 544 g/mol. The summed E-state index contributed by atoms with van der Waals surface area (Å²) in [5.74, 6) is 0. The van der Waals surface area contributed by atoms with Gasteiger partial charge in [0.2, 0.25) is 0 Å². The molecule has 2 heterocycles. The first-order valence-corrected chi connectivity index (χ1v) is 14.4. The van der Waals surface area contributed by atoms with Gasteiger partial charge >= 0.3 is 202 Å². The van der Waals surface area contributed by atoms with Crippen LogP contribution in [0.4, 0.5) is 11.4 Å². The van der Waals surface area contributed by atoms with E-state index in [-0.39, 0.29) is 29.9 Å². The Morgan fingerprint density at radius 1 is 0.625 bits per heavy atom. The molecule has 0 saturated carbocycles. The van der Waals surface area contributed by atoms with Crippen LogP contribution in [0.5, 0.6) is 0 Å². The summed E-state index contributed by atoms with van der Waals surface area (Å²) in [5, 5.41) is 2.67. The van der Waals surface area contributed by atoms with Gasteiger partial charge in [-0.1, -0.05) is 0 Å². The molecule has 0 bridgehead atoms. The second-order valence-electron chi connectivity index (χ2n) is 8.27. The normalized spacial score (nSPS) is 14.3. The Bertz CT molecular complexity index is 1420. The summed E-state index contributed by atoms with van der Waals surface area (Å²) in [6.45, 7) is 4.36. The number of aliphatic imine (C=N–C) groups is 2. The van der Waals surface area contributed by atoms with Gasteiger partial charge in [0.15, 0.2) is 0 Å². The molecule has 0 fully saturated rings. The van der Waals surface area contributed by atoms with Crippen LogP contribution in [-0.4, -0.2) is 39.1 Å². The van der Waals surface area contributed by atoms with Gasteiger partial charge in [-0.05, 0) is 0 Å². The van der Waals surface area contributed by atoms with Crippen molar-refractivity contribution < 1.29 is 0 Å². The fraction of sp³-hybridized carbons (Fsp3) is 0.143. The van der Waals surface area contributed by atoms with Crippen LogP contribution in [0.15, 0.2) is 82.8 Å². The molecule has 0 aliphatic carbocycles. The van der Waals surface area contributed by atoms with E-state index in [4.69, 9.17) is 9.98 Å². The molecule has 0 saturated heterocycles.